The predicted molar refractivity (Wildman–Crippen MR) is 107 cm³/mol. The van der Waals surface area contributed by atoms with Crippen LogP contribution in [0.15, 0.2) is 72.9 Å². The van der Waals surface area contributed by atoms with Gasteiger partial charge < -0.3 is 10.6 Å². The first-order valence-corrected chi connectivity index (χ1v) is 8.44. The molecule has 1 aromatic heterocycles. The van der Waals surface area contributed by atoms with Crippen LogP contribution in [0, 0.1) is 0 Å². The fraction of sp³-hybridized carbons (Fsp3) is 0. The molecule has 5 aromatic rings. The number of hydrogen-bond donors (Lipinski definition) is 2. The van der Waals surface area contributed by atoms with Crippen LogP contribution in [0.4, 0.5) is 17.2 Å². The minimum Gasteiger partial charge on any atom is -0.338 e. The van der Waals surface area contributed by atoms with Crippen LogP contribution in [0.5, 0.6) is 0 Å². The summed E-state index contributed by atoms with van der Waals surface area (Å²) in [5.41, 5.74) is 1.58. The maximum absolute atomic E-state index is 11.2. The number of hydrogen-bond acceptors (Lipinski definition) is 3. The van der Waals surface area contributed by atoms with Gasteiger partial charge in [-0.1, -0.05) is 48.5 Å². The van der Waals surface area contributed by atoms with E-state index in [9.17, 15) is 4.79 Å². The van der Waals surface area contributed by atoms with Gasteiger partial charge in [-0.05, 0) is 45.1 Å². The van der Waals surface area contributed by atoms with Gasteiger partial charge in [0.2, 0.25) is 6.41 Å². The van der Waals surface area contributed by atoms with Crippen molar-refractivity contribution >= 4 is 55.9 Å². The number of carbonyl (C=O) groups is 1. The van der Waals surface area contributed by atoms with E-state index in [-0.39, 0.29) is 0 Å². The Morgan fingerprint density at radius 2 is 1.62 bits per heavy atom. The largest absolute Gasteiger partial charge is 0.338 e. The van der Waals surface area contributed by atoms with E-state index in [0.29, 0.717) is 6.41 Å². The Balaban J connectivity index is 1.88. The van der Waals surface area contributed by atoms with Crippen molar-refractivity contribution in [1.82, 2.24) is 4.98 Å². The number of carbonyl (C=O) groups excluding carboxylic acids is 1. The predicted octanol–water partition coefficient (Wildman–Crippen LogP) is 5.29. The van der Waals surface area contributed by atoms with Gasteiger partial charge in [0.15, 0.2) is 0 Å². The summed E-state index contributed by atoms with van der Waals surface area (Å²) < 4.78 is 0. The fourth-order valence-corrected chi connectivity index (χ4v) is 3.69. The zero-order chi connectivity index (χ0) is 17.5. The minimum atomic E-state index is 0.705. The molecule has 0 saturated carbocycles. The maximum Gasteiger partial charge on any atom is 0.211 e. The monoisotopic (exact) mass is 337 g/mol. The molecule has 5 rings (SSSR count). The van der Waals surface area contributed by atoms with Gasteiger partial charge in [-0.3, -0.25) is 4.79 Å². The summed E-state index contributed by atoms with van der Waals surface area (Å²) in [6, 6.07) is 22.5. The average Bonchev–Trinajstić information content (AvgIpc) is 2.69. The van der Waals surface area contributed by atoms with Crippen molar-refractivity contribution < 1.29 is 4.79 Å². The van der Waals surface area contributed by atoms with Crippen molar-refractivity contribution in [3.8, 4) is 0 Å². The van der Waals surface area contributed by atoms with Crippen LogP contribution < -0.4 is 10.6 Å². The SMILES string of the molecule is O=CNc1cc2ccc3cccc4ccc(c1Nc1ccccn1)c2c34. The van der Waals surface area contributed by atoms with Gasteiger partial charge in [0.1, 0.15) is 5.82 Å². The Kier molecular flexibility index (Phi) is 3.22. The van der Waals surface area contributed by atoms with Crippen molar-refractivity contribution in [2.75, 3.05) is 10.6 Å². The minimum absolute atomic E-state index is 0.705. The van der Waals surface area contributed by atoms with Gasteiger partial charge >= 0.3 is 0 Å². The second-order valence-electron chi connectivity index (χ2n) is 6.26. The Labute approximate surface area is 149 Å². The van der Waals surface area contributed by atoms with Gasteiger partial charge in [-0.15, -0.1) is 0 Å². The molecular weight excluding hydrogens is 322 g/mol. The molecule has 0 spiro atoms. The standard InChI is InChI=1S/C22H15N3O/c26-13-24-18-12-16-8-7-14-4-3-5-15-9-10-17(21(16)20(14)15)22(18)25-19-6-1-2-11-23-19/h1-13H,(H,23,25)(H,24,26). The molecule has 1 amide bonds. The normalized spacial score (nSPS) is 11.2. The molecule has 4 heteroatoms. The van der Waals surface area contributed by atoms with Crippen LogP contribution in [-0.2, 0) is 4.79 Å². The summed E-state index contributed by atoms with van der Waals surface area (Å²) in [6.07, 6.45) is 2.45. The van der Waals surface area contributed by atoms with Crippen molar-refractivity contribution in [1.29, 1.82) is 0 Å². The maximum atomic E-state index is 11.2. The molecule has 124 valence electrons. The third kappa shape index (κ3) is 2.16. The van der Waals surface area contributed by atoms with Crippen LogP contribution in [-0.4, -0.2) is 11.4 Å². The molecule has 0 aliphatic heterocycles. The number of benzene rings is 4. The van der Waals surface area contributed by atoms with E-state index >= 15 is 0 Å². The van der Waals surface area contributed by atoms with Crippen LogP contribution in [0.3, 0.4) is 0 Å². The molecule has 0 bridgehead atoms. The second kappa shape index (κ2) is 5.70. The highest BCUT2D eigenvalue weighted by Crippen LogP contribution is 2.42. The lowest BCUT2D eigenvalue weighted by Gasteiger charge is -2.18. The van der Waals surface area contributed by atoms with Crippen LogP contribution in [0.25, 0.3) is 32.3 Å². The number of amides is 1. The molecule has 1 heterocycles. The summed E-state index contributed by atoms with van der Waals surface area (Å²) in [6.45, 7) is 0. The van der Waals surface area contributed by atoms with Gasteiger partial charge in [-0.25, -0.2) is 4.98 Å². The number of pyridine rings is 1. The molecule has 4 nitrogen and oxygen atoms in total. The van der Waals surface area contributed by atoms with E-state index in [1.165, 1.54) is 21.5 Å². The highest BCUT2D eigenvalue weighted by molar-refractivity contribution is 6.27. The van der Waals surface area contributed by atoms with Crippen molar-refractivity contribution in [3.05, 3.63) is 72.9 Å². The van der Waals surface area contributed by atoms with Gasteiger partial charge in [0, 0.05) is 11.6 Å². The van der Waals surface area contributed by atoms with Crippen LogP contribution >= 0.6 is 0 Å². The molecule has 0 saturated heterocycles. The van der Waals surface area contributed by atoms with E-state index in [0.717, 1.165) is 28.0 Å². The first-order valence-electron chi connectivity index (χ1n) is 8.44. The average molecular weight is 337 g/mol. The lowest BCUT2D eigenvalue weighted by atomic mass is 9.93. The molecule has 26 heavy (non-hydrogen) atoms. The van der Waals surface area contributed by atoms with Crippen LogP contribution in [0.2, 0.25) is 0 Å². The Bertz CT molecular complexity index is 1230. The molecule has 0 radical (unpaired) electrons. The van der Waals surface area contributed by atoms with Crippen molar-refractivity contribution in [2.45, 2.75) is 0 Å². The van der Waals surface area contributed by atoms with E-state index in [4.69, 9.17) is 0 Å². The van der Waals surface area contributed by atoms with Gasteiger partial charge in [-0.2, -0.15) is 0 Å². The lowest BCUT2D eigenvalue weighted by molar-refractivity contribution is -0.105. The first kappa shape index (κ1) is 14.7. The fourth-order valence-electron chi connectivity index (χ4n) is 3.69. The van der Waals surface area contributed by atoms with E-state index in [2.05, 4.69) is 58.1 Å². The number of aromatic nitrogens is 1. The van der Waals surface area contributed by atoms with E-state index < -0.39 is 0 Å². The molecule has 0 unspecified atom stereocenters. The second-order valence-corrected chi connectivity index (χ2v) is 6.26. The summed E-state index contributed by atoms with van der Waals surface area (Å²) >= 11 is 0. The molecule has 2 N–H and O–H groups in total. The molecule has 0 aliphatic carbocycles. The number of rotatable bonds is 4. The number of anilines is 3. The Morgan fingerprint density at radius 3 is 2.38 bits per heavy atom. The highest BCUT2D eigenvalue weighted by atomic mass is 16.1. The topological polar surface area (TPSA) is 54.0 Å². The van der Waals surface area contributed by atoms with E-state index in [1.54, 1.807) is 6.20 Å². The van der Waals surface area contributed by atoms with Crippen LogP contribution in [0.1, 0.15) is 0 Å². The van der Waals surface area contributed by atoms with Crippen molar-refractivity contribution in [3.63, 3.8) is 0 Å². The molecule has 4 aromatic carbocycles. The molecule has 0 atom stereocenters. The number of nitrogens with zero attached hydrogens (tertiary/aromatic N) is 1. The Morgan fingerprint density at radius 1 is 0.808 bits per heavy atom. The van der Waals surface area contributed by atoms with Crippen molar-refractivity contribution in [2.24, 2.45) is 0 Å². The quantitative estimate of drug-likeness (QED) is 0.346. The molecule has 0 aliphatic rings. The van der Waals surface area contributed by atoms with Gasteiger partial charge in [0.05, 0.1) is 11.4 Å². The lowest BCUT2D eigenvalue weighted by Crippen LogP contribution is -2.02. The summed E-state index contributed by atoms with van der Waals surface area (Å²) in [7, 11) is 0. The van der Waals surface area contributed by atoms with Gasteiger partial charge in [0.25, 0.3) is 0 Å². The smallest absolute Gasteiger partial charge is 0.211 e. The summed E-state index contributed by atoms with van der Waals surface area (Å²) in [5.74, 6) is 0.733. The Hall–Kier alpha value is -3.66. The first-order chi connectivity index (χ1) is 12.8. The molecular formula is C22H15N3O. The number of nitrogens with one attached hydrogen (secondary N) is 2. The van der Waals surface area contributed by atoms with E-state index in [1.807, 2.05) is 24.3 Å². The highest BCUT2D eigenvalue weighted by Gasteiger charge is 2.15. The zero-order valence-corrected chi connectivity index (χ0v) is 13.9. The molecule has 0 fully saturated rings. The zero-order valence-electron chi connectivity index (χ0n) is 13.9. The third-order valence-corrected chi connectivity index (χ3v) is 4.78. The summed E-state index contributed by atoms with van der Waals surface area (Å²) in [4.78, 5) is 15.5. The third-order valence-electron chi connectivity index (χ3n) is 4.78. The summed E-state index contributed by atoms with van der Waals surface area (Å²) in [5, 5.41) is 13.2.